The maximum Gasteiger partial charge on any atom is 0.0897 e. The molecule has 2 unspecified atom stereocenters. The summed E-state index contributed by atoms with van der Waals surface area (Å²) in [6.07, 6.45) is 3.05. The van der Waals surface area contributed by atoms with Gasteiger partial charge in [-0.15, -0.1) is 0 Å². The molecule has 0 fully saturated rings. The molecule has 2 aromatic rings. The van der Waals surface area contributed by atoms with Gasteiger partial charge in [0.2, 0.25) is 0 Å². The molecule has 0 saturated heterocycles. The largest absolute Gasteiger partial charge is 0.389 e. The number of ether oxygens (including phenoxy) is 1. The quantitative estimate of drug-likeness (QED) is 0.781. The lowest BCUT2D eigenvalue weighted by Gasteiger charge is -2.21. The van der Waals surface area contributed by atoms with Crippen molar-refractivity contribution in [2.45, 2.75) is 19.1 Å². The molecule has 0 bridgehead atoms. The molecule has 112 valence electrons. The van der Waals surface area contributed by atoms with Gasteiger partial charge in [-0.05, 0) is 30.2 Å². The van der Waals surface area contributed by atoms with E-state index in [0.29, 0.717) is 19.8 Å². The summed E-state index contributed by atoms with van der Waals surface area (Å²) in [7, 11) is 0. The molecule has 0 radical (unpaired) electrons. The minimum absolute atomic E-state index is 0.0328. The fourth-order valence-corrected chi connectivity index (χ4v) is 2.20. The first-order valence-electron chi connectivity index (χ1n) is 7.25. The number of aromatic nitrogens is 1. The number of pyridine rings is 1. The Morgan fingerprint density at radius 2 is 1.76 bits per heavy atom. The maximum atomic E-state index is 9.92. The summed E-state index contributed by atoms with van der Waals surface area (Å²) in [6.45, 7) is 3.36. The molecule has 0 amide bonds. The van der Waals surface area contributed by atoms with Crippen LogP contribution in [0.3, 0.4) is 0 Å². The topological polar surface area (TPSA) is 54.4 Å². The minimum Gasteiger partial charge on any atom is -0.389 e. The fraction of sp³-hybridized carbons (Fsp3) is 0.353. The number of hydrogen-bond acceptors (Lipinski definition) is 4. The highest BCUT2D eigenvalue weighted by atomic mass is 16.5. The third kappa shape index (κ3) is 4.93. The Bertz CT molecular complexity index is 465. The highest BCUT2D eigenvalue weighted by molar-refractivity contribution is 5.30. The lowest BCUT2D eigenvalue weighted by atomic mass is 9.99. The number of nitrogens with zero attached hydrogens (tertiary/aromatic N) is 1. The lowest BCUT2D eigenvalue weighted by molar-refractivity contribution is 0.0419. The monoisotopic (exact) mass is 286 g/mol. The van der Waals surface area contributed by atoms with Crippen LogP contribution in [0.5, 0.6) is 0 Å². The number of aliphatic hydroxyl groups excluding tert-OH is 1. The van der Waals surface area contributed by atoms with Crippen molar-refractivity contribution < 1.29 is 9.84 Å². The van der Waals surface area contributed by atoms with E-state index in [1.54, 1.807) is 12.4 Å². The Balaban J connectivity index is 2.07. The molecular weight excluding hydrogens is 264 g/mol. The summed E-state index contributed by atoms with van der Waals surface area (Å²) < 4.78 is 5.24. The zero-order valence-corrected chi connectivity index (χ0v) is 12.3. The molecule has 0 aliphatic rings. The average Bonchev–Trinajstić information content (AvgIpc) is 2.55. The first kappa shape index (κ1) is 15.6. The third-order valence-corrected chi connectivity index (χ3v) is 3.24. The van der Waals surface area contributed by atoms with E-state index in [1.807, 2.05) is 37.3 Å². The molecule has 21 heavy (non-hydrogen) atoms. The number of benzene rings is 1. The highest BCUT2D eigenvalue weighted by Gasteiger charge is 2.15. The van der Waals surface area contributed by atoms with Gasteiger partial charge < -0.3 is 15.2 Å². The van der Waals surface area contributed by atoms with Crippen molar-refractivity contribution in [3.63, 3.8) is 0 Å². The van der Waals surface area contributed by atoms with E-state index < -0.39 is 6.10 Å². The Morgan fingerprint density at radius 1 is 1.10 bits per heavy atom. The molecule has 4 heteroatoms. The van der Waals surface area contributed by atoms with Gasteiger partial charge in [-0.1, -0.05) is 30.3 Å². The van der Waals surface area contributed by atoms with Crippen LogP contribution in [0.4, 0.5) is 0 Å². The predicted octanol–water partition coefficient (Wildman–Crippen LogP) is 2.16. The minimum atomic E-state index is -0.516. The van der Waals surface area contributed by atoms with E-state index in [0.717, 1.165) is 11.1 Å². The van der Waals surface area contributed by atoms with E-state index in [9.17, 15) is 5.11 Å². The molecule has 2 N–H and O–H groups in total. The van der Waals surface area contributed by atoms with Crippen LogP contribution in [-0.4, -0.2) is 36.0 Å². The van der Waals surface area contributed by atoms with E-state index >= 15 is 0 Å². The normalized spacial score (nSPS) is 13.8. The van der Waals surface area contributed by atoms with Crippen molar-refractivity contribution >= 4 is 0 Å². The van der Waals surface area contributed by atoms with Gasteiger partial charge in [-0.25, -0.2) is 0 Å². The summed E-state index contributed by atoms with van der Waals surface area (Å²) in [5.74, 6) is 0. The Kier molecular flexibility index (Phi) is 6.34. The molecule has 0 spiro atoms. The van der Waals surface area contributed by atoms with E-state index in [2.05, 4.69) is 22.4 Å². The number of aliphatic hydroxyl groups is 1. The molecular formula is C17H22N2O2. The van der Waals surface area contributed by atoms with Crippen LogP contribution >= 0.6 is 0 Å². The van der Waals surface area contributed by atoms with Crippen LogP contribution in [0.1, 0.15) is 24.1 Å². The zero-order valence-electron chi connectivity index (χ0n) is 12.3. The Morgan fingerprint density at radius 3 is 2.43 bits per heavy atom. The second-order valence-corrected chi connectivity index (χ2v) is 4.85. The molecule has 0 aliphatic heterocycles. The van der Waals surface area contributed by atoms with Gasteiger partial charge in [0.25, 0.3) is 0 Å². The van der Waals surface area contributed by atoms with Gasteiger partial charge in [0, 0.05) is 25.5 Å². The van der Waals surface area contributed by atoms with Gasteiger partial charge in [0.1, 0.15) is 0 Å². The fourth-order valence-electron chi connectivity index (χ4n) is 2.20. The summed E-state index contributed by atoms with van der Waals surface area (Å²) in [5.41, 5.74) is 2.28. The van der Waals surface area contributed by atoms with Crippen molar-refractivity contribution in [2.24, 2.45) is 0 Å². The second-order valence-electron chi connectivity index (χ2n) is 4.85. The van der Waals surface area contributed by atoms with Crippen LogP contribution in [0.15, 0.2) is 54.9 Å². The first-order valence-corrected chi connectivity index (χ1v) is 7.25. The molecule has 2 rings (SSSR count). The second kappa shape index (κ2) is 8.52. The van der Waals surface area contributed by atoms with E-state index in [1.165, 1.54) is 0 Å². The molecule has 1 aromatic heterocycles. The number of rotatable bonds is 8. The van der Waals surface area contributed by atoms with Crippen LogP contribution in [0.2, 0.25) is 0 Å². The Hall–Kier alpha value is -1.75. The molecule has 1 aromatic carbocycles. The maximum absolute atomic E-state index is 9.92. The summed E-state index contributed by atoms with van der Waals surface area (Å²) >= 11 is 0. The molecule has 2 atom stereocenters. The van der Waals surface area contributed by atoms with Crippen molar-refractivity contribution in [3.05, 3.63) is 66.0 Å². The third-order valence-electron chi connectivity index (χ3n) is 3.24. The molecule has 0 saturated carbocycles. The van der Waals surface area contributed by atoms with Crippen LogP contribution in [-0.2, 0) is 4.74 Å². The lowest BCUT2D eigenvalue weighted by Crippen LogP contribution is -2.33. The van der Waals surface area contributed by atoms with Gasteiger partial charge in [0.05, 0.1) is 18.8 Å². The number of nitrogens with one attached hydrogen (secondary N) is 1. The highest BCUT2D eigenvalue weighted by Crippen LogP contribution is 2.21. The van der Waals surface area contributed by atoms with Crippen molar-refractivity contribution in [3.8, 4) is 0 Å². The number of hydrogen-bond donors (Lipinski definition) is 2. The van der Waals surface area contributed by atoms with Gasteiger partial charge in [-0.3, -0.25) is 4.98 Å². The summed E-state index contributed by atoms with van der Waals surface area (Å²) in [5, 5.41) is 13.3. The van der Waals surface area contributed by atoms with Crippen molar-refractivity contribution in [1.82, 2.24) is 10.3 Å². The van der Waals surface area contributed by atoms with Crippen molar-refractivity contribution in [2.75, 3.05) is 19.8 Å². The standard InChI is InChI=1S/C17H22N2O2/c1-2-21-13-16(20)12-19-17(14-6-4-3-5-7-14)15-8-10-18-11-9-15/h3-11,16-17,19-20H,2,12-13H2,1H3. The average molecular weight is 286 g/mol. The zero-order chi connectivity index (χ0) is 14.9. The first-order chi connectivity index (χ1) is 10.3. The van der Waals surface area contributed by atoms with Gasteiger partial charge in [-0.2, -0.15) is 0 Å². The van der Waals surface area contributed by atoms with Crippen molar-refractivity contribution in [1.29, 1.82) is 0 Å². The van der Waals surface area contributed by atoms with Gasteiger partial charge >= 0.3 is 0 Å². The van der Waals surface area contributed by atoms with Gasteiger partial charge in [0.15, 0.2) is 0 Å². The molecule has 4 nitrogen and oxygen atoms in total. The van der Waals surface area contributed by atoms with Crippen LogP contribution < -0.4 is 5.32 Å². The summed E-state index contributed by atoms with van der Waals surface area (Å²) in [6, 6.07) is 14.2. The van der Waals surface area contributed by atoms with E-state index in [4.69, 9.17) is 4.74 Å². The molecule has 1 heterocycles. The Labute approximate surface area is 125 Å². The smallest absolute Gasteiger partial charge is 0.0897 e. The van der Waals surface area contributed by atoms with Crippen LogP contribution in [0, 0.1) is 0 Å². The SMILES string of the molecule is CCOCC(O)CNC(c1ccccc1)c1ccncc1. The van der Waals surface area contributed by atoms with E-state index in [-0.39, 0.29) is 6.04 Å². The molecule has 0 aliphatic carbocycles. The summed E-state index contributed by atoms with van der Waals surface area (Å²) in [4.78, 5) is 4.06. The predicted molar refractivity (Wildman–Crippen MR) is 83.0 cm³/mol. The van der Waals surface area contributed by atoms with Crippen LogP contribution in [0.25, 0.3) is 0 Å².